The van der Waals surface area contributed by atoms with E-state index in [0.717, 1.165) is 28.1 Å². The molecule has 0 radical (unpaired) electrons. The van der Waals surface area contributed by atoms with E-state index >= 15 is 0 Å². The van der Waals surface area contributed by atoms with E-state index in [-0.39, 0.29) is 11.4 Å². The molecule has 3 heterocycles. The number of hydrogen-bond donors (Lipinski definition) is 3. The Hall–Kier alpha value is -2.59. The number of nitrogens with zero attached hydrogens (tertiary/aromatic N) is 2. The van der Waals surface area contributed by atoms with Gasteiger partial charge in [-0.15, -0.1) is 0 Å². The van der Waals surface area contributed by atoms with E-state index in [4.69, 9.17) is 11.1 Å². The molecule has 4 N–H and O–H groups in total. The molecule has 1 atom stereocenters. The Morgan fingerprint density at radius 3 is 2.81 bits per heavy atom. The van der Waals surface area contributed by atoms with Crippen LogP contribution in [0.1, 0.15) is 16.8 Å². The van der Waals surface area contributed by atoms with Gasteiger partial charge in [0.2, 0.25) is 0 Å². The second kappa shape index (κ2) is 6.24. The van der Waals surface area contributed by atoms with Gasteiger partial charge in [0.25, 0.3) is 0 Å². The van der Waals surface area contributed by atoms with Gasteiger partial charge in [0, 0.05) is 34.5 Å². The molecule has 2 aromatic heterocycles. The van der Waals surface area contributed by atoms with Crippen molar-refractivity contribution >= 4 is 44.3 Å². The summed E-state index contributed by atoms with van der Waals surface area (Å²) in [7, 11) is 0. The van der Waals surface area contributed by atoms with Gasteiger partial charge in [-0.05, 0) is 28.9 Å². The van der Waals surface area contributed by atoms with Crippen LogP contribution < -0.4 is 5.73 Å². The molecule has 4 rings (SSSR count). The van der Waals surface area contributed by atoms with E-state index in [1.165, 1.54) is 0 Å². The lowest BCUT2D eigenvalue weighted by Crippen LogP contribution is -2.27. The van der Waals surface area contributed by atoms with Crippen LogP contribution in [-0.2, 0) is 23.3 Å². The number of halogens is 3. The fraction of sp³-hybridized carbons (Fsp3) is 0.235. The van der Waals surface area contributed by atoms with E-state index in [9.17, 15) is 17.7 Å². The standard InChI is InChI=1S/C17H14F3N5OS/c18-17(19,20)16(22)9(5-21)15-11-7-27(26)4-3-8(11)14-10-6-23-25-12(10)1-2-13(14)24-15/h1-2,5-6,22H,3-4,7,21H2,(H,23,25)/b9-5-,22-16?. The number of H-pyrrole nitrogens is 1. The van der Waals surface area contributed by atoms with Crippen LogP contribution in [0.15, 0.2) is 24.5 Å². The molecule has 0 saturated carbocycles. The van der Waals surface area contributed by atoms with E-state index in [1.54, 1.807) is 18.3 Å². The maximum atomic E-state index is 13.1. The van der Waals surface area contributed by atoms with Crippen LogP contribution in [0.3, 0.4) is 0 Å². The minimum atomic E-state index is -4.86. The molecule has 1 aliphatic rings. The van der Waals surface area contributed by atoms with E-state index in [2.05, 4.69) is 15.2 Å². The van der Waals surface area contributed by atoms with Crippen LogP contribution in [-0.4, -0.2) is 37.4 Å². The smallest absolute Gasteiger partial charge is 0.433 e. The van der Waals surface area contributed by atoms with Crippen molar-refractivity contribution in [2.75, 3.05) is 5.75 Å². The molecule has 1 aromatic carbocycles. The SMILES string of the molecule is N=C(/C(=C\N)c1nc2ccc3[nH]ncc3c2c2c1C[S+]([O-])CC2)C(F)(F)F. The van der Waals surface area contributed by atoms with Crippen LogP contribution in [0.25, 0.3) is 27.4 Å². The number of nitrogens with one attached hydrogen (secondary N) is 2. The first kappa shape index (κ1) is 17.8. The van der Waals surface area contributed by atoms with E-state index in [1.807, 2.05) is 0 Å². The Labute approximate surface area is 154 Å². The predicted octanol–water partition coefficient (Wildman–Crippen LogP) is 2.80. The minimum absolute atomic E-state index is 0.0294. The fourth-order valence-electron chi connectivity index (χ4n) is 3.43. The highest BCUT2D eigenvalue weighted by Crippen LogP contribution is 2.37. The summed E-state index contributed by atoms with van der Waals surface area (Å²) in [5, 5.41) is 16.0. The average Bonchev–Trinajstić information content (AvgIpc) is 3.10. The molecule has 27 heavy (non-hydrogen) atoms. The largest absolute Gasteiger partial charge is 0.616 e. The summed E-state index contributed by atoms with van der Waals surface area (Å²) in [4.78, 5) is 4.39. The molecule has 3 aromatic rings. The lowest BCUT2D eigenvalue weighted by atomic mass is 9.93. The van der Waals surface area contributed by atoms with Crippen molar-refractivity contribution in [3.63, 3.8) is 0 Å². The number of hydrogen-bond acceptors (Lipinski definition) is 5. The molecule has 0 saturated heterocycles. The van der Waals surface area contributed by atoms with Gasteiger partial charge in [-0.3, -0.25) is 10.5 Å². The van der Waals surface area contributed by atoms with Gasteiger partial charge in [-0.2, -0.15) is 18.3 Å². The lowest BCUT2D eigenvalue weighted by molar-refractivity contribution is -0.0578. The molecule has 1 aliphatic heterocycles. The molecule has 1 unspecified atom stereocenters. The van der Waals surface area contributed by atoms with Crippen LogP contribution in [0.5, 0.6) is 0 Å². The number of allylic oxidation sites excluding steroid dienone is 1. The molecule has 0 fully saturated rings. The zero-order valence-electron chi connectivity index (χ0n) is 13.9. The van der Waals surface area contributed by atoms with Gasteiger partial charge in [0.15, 0.2) is 0 Å². The highest BCUT2D eigenvalue weighted by molar-refractivity contribution is 7.90. The number of benzene rings is 1. The maximum Gasteiger partial charge on any atom is 0.433 e. The zero-order chi connectivity index (χ0) is 19.3. The molecule has 6 nitrogen and oxygen atoms in total. The zero-order valence-corrected chi connectivity index (χ0v) is 14.7. The van der Waals surface area contributed by atoms with Gasteiger partial charge >= 0.3 is 6.18 Å². The van der Waals surface area contributed by atoms with Gasteiger partial charge in [0.05, 0.1) is 22.9 Å². The number of rotatable bonds is 2. The second-order valence-corrected chi connectivity index (χ2v) is 7.78. The number of aryl methyl sites for hydroxylation is 1. The lowest BCUT2D eigenvalue weighted by Gasteiger charge is -2.25. The fourth-order valence-corrected chi connectivity index (χ4v) is 4.64. The van der Waals surface area contributed by atoms with Crippen LogP contribution in [0.2, 0.25) is 0 Å². The third-order valence-corrected chi connectivity index (χ3v) is 5.92. The van der Waals surface area contributed by atoms with Crippen molar-refractivity contribution in [3.05, 3.63) is 41.4 Å². The first-order chi connectivity index (χ1) is 12.8. The van der Waals surface area contributed by atoms with Crippen molar-refractivity contribution in [1.82, 2.24) is 15.2 Å². The van der Waals surface area contributed by atoms with Crippen LogP contribution in [0, 0.1) is 5.41 Å². The molecular formula is C17H14F3N5OS. The topological polar surface area (TPSA) is 115 Å². The third-order valence-electron chi connectivity index (χ3n) is 4.65. The van der Waals surface area contributed by atoms with Gasteiger partial charge in [0.1, 0.15) is 17.2 Å². The number of alkyl halides is 3. The van der Waals surface area contributed by atoms with Crippen molar-refractivity contribution in [1.29, 1.82) is 5.41 Å². The number of nitrogens with two attached hydrogens (primary N) is 1. The summed E-state index contributed by atoms with van der Waals surface area (Å²) in [6, 6.07) is 3.44. The van der Waals surface area contributed by atoms with Crippen molar-refractivity contribution in [2.24, 2.45) is 5.73 Å². The average molecular weight is 393 g/mol. The Morgan fingerprint density at radius 1 is 1.33 bits per heavy atom. The molecule has 10 heteroatoms. The van der Waals surface area contributed by atoms with Crippen molar-refractivity contribution < 1.29 is 17.7 Å². The number of pyridine rings is 1. The van der Waals surface area contributed by atoms with Crippen molar-refractivity contribution in [2.45, 2.75) is 18.3 Å². The summed E-state index contributed by atoms with van der Waals surface area (Å²) >= 11 is -1.21. The summed E-state index contributed by atoms with van der Waals surface area (Å²) in [6.07, 6.45) is -2.03. The summed E-state index contributed by atoms with van der Waals surface area (Å²) in [5.41, 5.74) is 5.85. The number of aromatic nitrogens is 3. The summed E-state index contributed by atoms with van der Waals surface area (Å²) in [6.45, 7) is 0. The maximum absolute atomic E-state index is 13.1. The van der Waals surface area contributed by atoms with Gasteiger partial charge < -0.3 is 10.3 Å². The van der Waals surface area contributed by atoms with Crippen LogP contribution >= 0.6 is 0 Å². The van der Waals surface area contributed by atoms with Gasteiger partial charge in [-0.1, -0.05) is 0 Å². The van der Waals surface area contributed by atoms with Gasteiger partial charge in [-0.25, -0.2) is 4.98 Å². The predicted molar refractivity (Wildman–Crippen MR) is 97.8 cm³/mol. The van der Waals surface area contributed by atoms with Crippen molar-refractivity contribution in [3.8, 4) is 0 Å². The van der Waals surface area contributed by atoms with E-state index in [0.29, 0.717) is 23.3 Å². The molecule has 0 aliphatic carbocycles. The highest BCUT2D eigenvalue weighted by Gasteiger charge is 2.39. The highest BCUT2D eigenvalue weighted by atomic mass is 32.2. The molecule has 0 amide bonds. The summed E-state index contributed by atoms with van der Waals surface area (Å²) < 4.78 is 51.6. The molecular weight excluding hydrogens is 379 g/mol. The normalized spacial score (nSPS) is 18.1. The van der Waals surface area contributed by atoms with E-state index < -0.39 is 28.6 Å². The number of fused-ring (bicyclic) bond motifs is 5. The monoisotopic (exact) mass is 393 g/mol. The molecule has 0 bridgehead atoms. The molecule has 140 valence electrons. The first-order valence-corrected chi connectivity index (χ1v) is 9.51. The van der Waals surface area contributed by atoms with Crippen LogP contribution in [0.4, 0.5) is 13.2 Å². The minimum Gasteiger partial charge on any atom is -0.616 e. The second-order valence-electron chi connectivity index (χ2n) is 6.20. The Balaban J connectivity index is 2.06. The quantitative estimate of drug-likeness (QED) is 0.459. The molecule has 0 spiro atoms. The summed E-state index contributed by atoms with van der Waals surface area (Å²) in [5.74, 6) is 0.489. The number of aromatic amines is 1. The Morgan fingerprint density at radius 2 is 2.11 bits per heavy atom. The Kier molecular flexibility index (Phi) is 4.11. The third kappa shape index (κ3) is 2.85. The Bertz CT molecular complexity index is 1110. The first-order valence-electron chi connectivity index (χ1n) is 8.02.